The van der Waals surface area contributed by atoms with Gasteiger partial charge >= 0.3 is 0 Å². The van der Waals surface area contributed by atoms with Crippen LogP contribution < -0.4 is 15.8 Å². The summed E-state index contributed by atoms with van der Waals surface area (Å²) in [4.78, 5) is 15.8. The van der Waals surface area contributed by atoms with E-state index in [1.807, 2.05) is 12.1 Å². The molecule has 1 aromatic heterocycles. The lowest BCUT2D eigenvalue weighted by Gasteiger charge is -2.09. The molecule has 0 atom stereocenters. The summed E-state index contributed by atoms with van der Waals surface area (Å²) in [6.45, 7) is 0.326. The van der Waals surface area contributed by atoms with Crippen LogP contribution in [0.1, 0.15) is 5.82 Å². The first-order valence-electron chi connectivity index (χ1n) is 5.74. The molecule has 0 spiro atoms. The van der Waals surface area contributed by atoms with Crippen molar-refractivity contribution in [3.05, 3.63) is 36.4 Å². The number of amides is 1. The Labute approximate surface area is 110 Å². The van der Waals surface area contributed by atoms with Crippen LogP contribution in [-0.2, 0) is 17.9 Å². The fourth-order valence-electron chi connectivity index (χ4n) is 1.59. The third-order valence-electron chi connectivity index (χ3n) is 2.45. The molecule has 2 rings (SSSR count). The van der Waals surface area contributed by atoms with Gasteiger partial charge < -0.3 is 15.8 Å². The van der Waals surface area contributed by atoms with E-state index in [1.165, 1.54) is 11.0 Å². The van der Waals surface area contributed by atoms with E-state index in [-0.39, 0.29) is 19.0 Å². The SMILES string of the molecule is COc1ccccc1NC(=O)Cn1cnc(CN)n1. The normalized spacial score (nSPS) is 10.2. The molecule has 0 saturated carbocycles. The van der Waals surface area contributed by atoms with Gasteiger partial charge in [0.2, 0.25) is 5.91 Å². The molecule has 0 fully saturated rings. The molecule has 1 amide bonds. The van der Waals surface area contributed by atoms with Crippen LogP contribution in [0, 0.1) is 0 Å². The number of nitrogens with two attached hydrogens (primary N) is 1. The van der Waals surface area contributed by atoms with Gasteiger partial charge in [0.1, 0.15) is 18.6 Å². The van der Waals surface area contributed by atoms with Crippen LogP contribution in [0.25, 0.3) is 0 Å². The molecule has 19 heavy (non-hydrogen) atoms. The molecule has 3 N–H and O–H groups in total. The lowest BCUT2D eigenvalue weighted by Crippen LogP contribution is -2.19. The Bertz CT molecular complexity index is 567. The smallest absolute Gasteiger partial charge is 0.246 e. The second-order valence-electron chi connectivity index (χ2n) is 3.81. The molecule has 0 bridgehead atoms. The molecule has 0 aliphatic heterocycles. The van der Waals surface area contributed by atoms with Crippen molar-refractivity contribution < 1.29 is 9.53 Å². The zero-order valence-corrected chi connectivity index (χ0v) is 10.5. The topological polar surface area (TPSA) is 95.1 Å². The average Bonchev–Trinajstić information content (AvgIpc) is 2.87. The highest BCUT2D eigenvalue weighted by molar-refractivity contribution is 5.92. The van der Waals surface area contributed by atoms with Crippen molar-refractivity contribution in [3.63, 3.8) is 0 Å². The molecule has 2 aromatic rings. The summed E-state index contributed by atoms with van der Waals surface area (Å²) in [6, 6.07) is 7.19. The number of rotatable bonds is 5. The van der Waals surface area contributed by atoms with Crippen LogP contribution in [0.5, 0.6) is 5.75 Å². The molecule has 0 unspecified atom stereocenters. The second-order valence-corrected chi connectivity index (χ2v) is 3.81. The highest BCUT2D eigenvalue weighted by Gasteiger charge is 2.08. The van der Waals surface area contributed by atoms with Crippen molar-refractivity contribution in [2.45, 2.75) is 13.1 Å². The van der Waals surface area contributed by atoms with E-state index < -0.39 is 0 Å². The van der Waals surface area contributed by atoms with E-state index in [4.69, 9.17) is 10.5 Å². The predicted octanol–water partition coefficient (Wildman–Crippen LogP) is 0.384. The molecule has 0 saturated heterocycles. The van der Waals surface area contributed by atoms with Crippen molar-refractivity contribution in [1.29, 1.82) is 0 Å². The summed E-state index contributed by atoms with van der Waals surface area (Å²) in [5, 5.41) is 6.79. The number of carbonyl (C=O) groups excluding carboxylic acids is 1. The Morgan fingerprint density at radius 1 is 1.47 bits per heavy atom. The number of methoxy groups -OCH3 is 1. The van der Waals surface area contributed by atoms with Gasteiger partial charge in [-0.2, -0.15) is 5.10 Å². The zero-order valence-electron chi connectivity index (χ0n) is 10.5. The first-order chi connectivity index (χ1) is 9.22. The molecule has 7 heteroatoms. The monoisotopic (exact) mass is 261 g/mol. The van der Waals surface area contributed by atoms with Crippen LogP contribution >= 0.6 is 0 Å². The van der Waals surface area contributed by atoms with Crippen LogP contribution in [0.2, 0.25) is 0 Å². The summed E-state index contributed by atoms with van der Waals surface area (Å²) >= 11 is 0. The van der Waals surface area contributed by atoms with Crippen LogP contribution in [0.3, 0.4) is 0 Å². The summed E-state index contributed by atoms with van der Waals surface area (Å²) < 4.78 is 6.59. The number of nitrogens with one attached hydrogen (secondary N) is 1. The van der Waals surface area contributed by atoms with Gasteiger partial charge in [0.05, 0.1) is 19.3 Å². The first kappa shape index (κ1) is 13.0. The van der Waals surface area contributed by atoms with Crippen molar-refractivity contribution in [2.24, 2.45) is 5.73 Å². The largest absolute Gasteiger partial charge is 0.495 e. The van der Waals surface area contributed by atoms with Gasteiger partial charge in [-0.1, -0.05) is 12.1 Å². The van der Waals surface area contributed by atoms with Crippen molar-refractivity contribution in [2.75, 3.05) is 12.4 Å². The Balaban J connectivity index is 2.01. The minimum absolute atomic E-state index is 0.0745. The molecule has 7 nitrogen and oxygen atoms in total. The molecule has 1 aromatic carbocycles. The maximum absolute atomic E-state index is 11.9. The number of carbonyl (C=O) groups is 1. The average molecular weight is 261 g/mol. The maximum atomic E-state index is 11.9. The van der Waals surface area contributed by atoms with E-state index in [1.54, 1.807) is 19.2 Å². The second kappa shape index (κ2) is 5.96. The standard InChI is InChI=1S/C12H15N5O2/c1-19-10-5-3-2-4-9(10)15-12(18)7-17-8-14-11(6-13)16-17/h2-5,8H,6-7,13H2,1H3,(H,15,18). The van der Waals surface area contributed by atoms with Crippen LogP contribution in [-0.4, -0.2) is 27.8 Å². The van der Waals surface area contributed by atoms with Gasteiger partial charge in [0.15, 0.2) is 5.82 Å². The number of ether oxygens (including phenoxy) is 1. The number of benzene rings is 1. The quantitative estimate of drug-likeness (QED) is 0.811. The van der Waals surface area contributed by atoms with E-state index >= 15 is 0 Å². The summed E-state index contributed by atoms with van der Waals surface area (Å²) in [5.74, 6) is 0.903. The molecule has 0 aliphatic rings. The molecule has 100 valence electrons. The highest BCUT2D eigenvalue weighted by Crippen LogP contribution is 2.22. The molecule has 0 aliphatic carbocycles. The molecular formula is C12H15N5O2. The van der Waals surface area contributed by atoms with Crippen molar-refractivity contribution in [3.8, 4) is 5.75 Å². The number of hydrogen-bond acceptors (Lipinski definition) is 5. The van der Waals surface area contributed by atoms with Gasteiger partial charge in [-0.05, 0) is 12.1 Å². The fourth-order valence-corrected chi connectivity index (χ4v) is 1.59. The van der Waals surface area contributed by atoms with Gasteiger partial charge in [-0.3, -0.25) is 4.79 Å². The minimum Gasteiger partial charge on any atom is -0.495 e. The number of aromatic nitrogens is 3. The van der Waals surface area contributed by atoms with Crippen molar-refractivity contribution >= 4 is 11.6 Å². The third-order valence-corrected chi connectivity index (χ3v) is 2.45. The van der Waals surface area contributed by atoms with Gasteiger partial charge in [0, 0.05) is 0 Å². The van der Waals surface area contributed by atoms with Crippen LogP contribution in [0.15, 0.2) is 30.6 Å². The Morgan fingerprint density at radius 2 is 2.26 bits per heavy atom. The van der Waals surface area contributed by atoms with Gasteiger partial charge in [-0.15, -0.1) is 0 Å². The van der Waals surface area contributed by atoms with Gasteiger partial charge in [0.25, 0.3) is 0 Å². The van der Waals surface area contributed by atoms with E-state index in [9.17, 15) is 4.79 Å². The summed E-state index contributed by atoms with van der Waals surface area (Å²) in [5.41, 5.74) is 6.02. The Kier molecular flexibility index (Phi) is 4.09. The third kappa shape index (κ3) is 3.29. The minimum atomic E-state index is -0.210. The zero-order chi connectivity index (χ0) is 13.7. The Hall–Kier alpha value is -2.41. The predicted molar refractivity (Wildman–Crippen MR) is 69.5 cm³/mol. The number of anilines is 1. The van der Waals surface area contributed by atoms with E-state index in [0.717, 1.165) is 0 Å². The Morgan fingerprint density at radius 3 is 2.95 bits per heavy atom. The van der Waals surface area contributed by atoms with Crippen molar-refractivity contribution in [1.82, 2.24) is 14.8 Å². The van der Waals surface area contributed by atoms with E-state index in [2.05, 4.69) is 15.4 Å². The summed E-state index contributed by atoms with van der Waals surface area (Å²) in [6.07, 6.45) is 1.48. The fraction of sp³-hybridized carbons (Fsp3) is 0.250. The first-order valence-corrected chi connectivity index (χ1v) is 5.74. The number of hydrogen-bond donors (Lipinski definition) is 2. The maximum Gasteiger partial charge on any atom is 0.246 e. The highest BCUT2D eigenvalue weighted by atomic mass is 16.5. The molecular weight excluding hydrogens is 246 g/mol. The van der Waals surface area contributed by atoms with Crippen LogP contribution in [0.4, 0.5) is 5.69 Å². The summed E-state index contributed by atoms with van der Waals surface area (Å²) in [7, 11) is 1.55. The molecule has 0 radical (unpaired) electrons. The number of nitrogens with zero attached hydrogens (tertiary/aromatic N) is 3. The lowest BCUT2D eigenvalue weighted by molar-refractivity contribution is -0.116. The molecule has 1 heterocycles. The van der Waals surface area contributed by atoms with E-state index in [0.29, 0.717) is 17.3 Å². The number of para-hydroxylation sites is 2. The van der Waals surface area contributed by atoms with Gasteiger partial charge in [-0.25, -0.2) is 9.67 Å². The lowest BCUT2D eigenvalue weighted by atomic mass is 10.3.